The third-order valence-corrected chi connectivity index (χ3v) is 2.85. The zero-order valence-electron chi connectivity index (χ0n) is 9.24. The summed E-state index contributed by atoms with van der Waals surface area (Å²) in [5, 5.41) is 8.78. The van der Waals surface area contributed by atoms with Crippen LogP contribution in [0.25, 0.3) is 0 Å². The molecule has 0 saturated carbocycles. The summed E-state index contributed by atoms with van der Waals surface area (Å²) < 4.78 is 0. The molecule has 0 aromatic rings. The topological polar surface area (TPSA) is 57.6 Å². The first-order valence-corrected chi connectivity index (χ1v) is 5.65. The van der Waals surface area contributed by atoms with Crippen LogP contribution in [-0.2, 0) is 9.59 Å². The minimum atomic E-state index is -0.848. The van der Waals surface area contributed by atoms with Crippen molar-refractivity contribution in [2.75, 3.05) is 13.1 Å². The molecule has 0 spiro atoms. The minimum absolute atomic E-state index is 0.00102. The maximum absolute atomic E-state index is 11.4. The second-order valence-electron chi connectivity index (χ2n) is 4.14. The van der Waals surface area contributed by atoms with Crippen LogP contribution in [0.3, 0.4) is 0 Å². The molecule has 1 aliphatic heterocycles. The van der Waals surface area contributed by atoms with Gasteiger partial charge in [-0.15, -0.1) is 0 Å². The van der Waals surface area contributed by atoms with E-state index in [2.05, 4.69) is 6.92 Å². The Bertz CT molecular complexity index is 240. The molecule has 1 N–H and O–H groups in total. The molecule has 1 fully saturated rings. The zero-order chi connectivity index (χ0) is 11.3. The van der Waals surface area contributed by atoms with Crippen LogP contribution >= 0.6 is 0 Å². The Morgan fingerprint density at radius 3 is 2.73 bits per heavy atom. The van der Waals surface area contributed by atoms with Crippen molar-refractivity contribution in [3.05, 3.63) is 0 Å². The molecule has 0 aromatic heterocycles. The number of rotatable bonds is 6. The lowest BCUT2D eigenvalue weighted by Crippen LogP contribution is -2.27. The lowest BCUT2D eigenvalue weighted by molar-refractivity contribution is -0.141. The van der Waals surface area contributed by atoms with E-state index >= 15 is 0 Å². The van der Waals surface area contributed by atoms with Gasteiger partial charge >= 0.3 is 5.97 Å². The molecule has 1 aliphatic rings. The van der Waals surface area contributed by atoms with Crippen molar-refractivity contribution in [3.8, 4) is 0 Å². The Morgan fingerprint density at radius 1 is 1.47 bits per heavy atom. The average molecular weight is 213 g/mol. The number of amides is 1. The molecule has 4 heteroatoms. The Hall–Kier alpha value is -1.06. The molecule has 0 bridgehead atoms. The molecule has 1 unspecified atom stereocenters. The van der Waals surface area contributed by atoms with Gasteiger partial charge in [-0.05, 0) is 6.42 Å². The monoisotopic (exact) mass is 213 g/mol. The van der Waals surface area contributed by atoms with E-state index in [1.165, 1.54) is 12.8 Å². The van der Waals surface area contributed by atoms with Gasteiger partial charge in [0.15, 0.2) is 0 Å². The maximum Gasteiger partial charge on any atom is 0.308 e. The summed E-state index contributed by atoms with van der Waals surface area (Å²) in [7, 11) is 0. The number of unbranched alkanes of at least 4 members (excludes halogenated alkanes) is 3. The standard InChI is InChI=1S/C11H19NO3/c1-2-3-4-5-6-12-8-9(11(14)15)7-10(12)13/h9H,2-8H2,1H3,(H,14,15). The minimum Gasteiger partial charge on any atom is -0.481 e. The van der Waals surface area contributed by atoms with Crippen LogP contribution in [0.1, 0.15) is 39.0 Å². The van der Waals surface area contributed by atoms with Gasteiger partial charge in [0, 0.05) is 19.5 Å². The van der Waals surface area contributed by atoms with Crippen molar-refractivity contribution in [3.63, 3.8) is 0 Å². The SMILES string of the molecule is CCCCCCN1CC(C(=O)O)CC1=O. The summed E-state index contributed by atoms with van der Waals surface area (Å²) in [6, 6.07) is 0. The fourth-order valence-corrected chi connectivity index (χ4v) is 1.88. The highest BCUT2D eigenvalue weighted by atomic mass is 16.4. The highest BCUT2D eigenvalue weighted by Crippen LogP contribution is 2.18. The van der Waals surface area contributed by atoms with Gasteiger partial charge in [0.1, 0.15) is 0 Å². The van der Waals surface area contributed by atoms with E-state index < -0.39 is 11.9 Å². The first-order valence-electron chi connectivity index (χ1n) is 5.65. The first kappa shape index (κ1) is 12.0. The predicted molar refractivity (Wildman–Crippen MR) is 56.5 cm³/mol. The number of carboxylic acid groups (broad SMARTS) is 1. The van der Waals surface area contributed by atoms with E-state index in [1.54, 1.807) is 4.90 Å². The summed E-state index contributed by atoms with van der Waals surface area (Å²) in [5.41, 5.74) is 0. The second kappa shape index (κ2) is 5.73. The Morgan fingerprint density at radius 2 is 2.20 bits per heavy atom. The fraction of sp³-hybridized carbons (Fsp3) is 0.818. The van der Waals surface area contributed by atoms with Gasteiger partial charge in [0.05, 0.1) is 5.92 Å². The summed E-state index contributed by atoms with van der Waals surface area (Å²) in [4.78, 5) is 23.8. The predicted octanol–water partition coefficient (Wildman–Crippen LogP) is 1.50. The molecule has 1 heterocycles. The number of carboxylic acids is 1. The largest absolute Gasteiger partial charge is 0.481 e. The Labute approximate surface area is 90.3 Å². The third-order valence-electron chi connectivity index (χ3n) is 2.85. The number of aliphatic carboxylic acids is 1. The van der Waals surface area contributed by atoms with Gasteiger partial charge in [0.2, 0.25) is 5.91 Å². The van der Waals surface area contributed by atoms with Crippen molar-refractivity contribution in [1.82, 2.24) is 4.90 Å². The second-order valence-corrected chi connectivity index (χ2v) is 4.14. The third kappa shape index (κ3) is 3.53. The van der Waals surface area contributed by atoms with Gasteiger partial charge in [-0.2, -0.15) is 0 Å². The van der Waals surface area contributed by atoms with E-state index in [0.717, 1.165) is 19.4 Å². The average Bonchev–Trinajstić information content (AvgIpc) is 2.55. The first-order chi connectivity index (χ1) is 7.15. The number of likely N-dealkylation sites (tertiary alicyclic amines) is 1. The normalized spacial score (nSPS) is 21.0. The molecule has 0 radical (unpaired) electrons. The van der Waals surface area contributed by atoms with E-state index in [1.807, 2.05) is 0 Å². The van der Waals surface area contributed by atoms with Gasteiger partial charge in [-0.1, -0.05) is 26.2 Å². The van der Waals surface area contributed by atoms with Crippen molar-refractivity contribution >= 4 is 11.9 Å². The smallest absolute Gasteiger partial charge is 0.308 e. The van der Waals surface area contributed by atoms with E-state index in [4.69, 9.17) is 5.11 Å². The number of hydrogen-bond donors (Lipinski definition) is 1. The molecule has 86 valence electrons. The Balaban J connectivity index is 2.25. The molecule has 0 aromatic carbocycles. The number of carbonyl (C=O) groups excluding carboxylic acids is 1. The zero-order valence-corrected chi connectivity index (χ0v) is 9.24. The summed E-state index contributed by atoms with van der Waals surface area (Å²) >= 11 is 0. The van der Waals surface area contributed by atoms with Crippen LogP contribution in [0.5, 0.6) is 0 Å². The number of hydrogen-bond acceptors (Lipinski definition) is 2. The lowest BCUT2D eigenvalue weighted by atomic mass is 10.1. The summed E-state index contributed by atoms with van der Waals surface area (Å²) in [6.07, 6.45) is 4.66. The van der Waals surface area contributed by atoms with Gasteiger partial charge in [-0.3, -0.25) is 9.59 Å². The number of carbonyl (C=O) groups is 2. The van der Waals surface area contributed by atoms with Crippen molar-refractivity contribution in [1.29, 1.82) is 0 Å². The number of nitrogens with zero attached hydrogens (tertiary/aromatic N) is 1. The van der Waals surface area contributed by atoms with Crippen LogP contribution in [0.4, 0.5) is 0 Å². The summed E-state index contributed by atoms with van der Waals surface area (Å²) in [6.45, 7) is 3.27. The van der Waals surface area contributed by atoms with Crippen LogP contribution in [0, 0.1) is 5.92 Å². The summed E-state index contributed by atoms with van der Waals surface area (Å²) in [5.74, 6) is -1.33. The fourth-order valence-electron chi connectivity index (χ4n) is 1.88. The van der Waals surface area contributed by atoms with Crippen LogP contribution < -0.4 is 0 Å². The quantitative estimate of drug-likeness (QED) is 0.680. The molecular weight excluding hydrogens is 194 g/mol. The molecule has 15 heavy (non-hydrogen) atoms. The maximum atomic E-state index is 11.4. The highest BCUT2D eigenvalue weighted by Gasteiger charge is 2.33. The van der Waals surface area contributed by atoms with Crippen LogP contribution in [0.15, 0.2) is 0 Å². The van der Waals surface area contributed by atoms with Crippen molar-refractivity contribution < 1.29 is 14.7 Å². The van der Waals surface area contributed by atoms with Gasteiger partial charge < -0.3 is 10.0 Å². The molecule has 0 aliphatic carbocycles. The Kier molecular flexibility index (Phi) is 4.59. The van der Waals surface area contributed by atoms with Crippen LogP contribution in [-0.4, -0.2) is 35.0 Å². The van der Waals surface area contributed by atoms with Gasteiger partial charge in [0.25, 0.3) is 0 Å². The molecule has 1 amide bonds. The molecular formula is C11H19NO3. The van der Waals surface area contributed by atoms with E-state index in [-0.39, 0.29) is 12.3 Å². The van der Waals surface area contributed by atoms with Crippen molar-refractivity contribution in [2.45, 2.75) is 39.0 Å². The molecule has 4 nitrogen and oxygen atoms in total. The van der Waals surface area contributed by atoms with E-state index in [0.29, 0.717) is 6.54 Å². The molecule has 1 atom stereocenters. The highest BCUT2D eigenvalue weighted by molar-refractivity contribution is 5.86. The molecule has 1 saturated heterocycles. The lowest BCUT2D eigenvalue weighted by Gasteiger charge is -2.15. The molecule has 1 rings (SSSR count). The van der Waals surface area contributed by atoms with Gasteiger partial charge in [-0.25, -0.2) is 0 Å². The van der Waals surface area contributed by atoms with Crippen LogP contribution in [0.2, 0.25) is 0 Å². The van der Waals surface area contributed by atoms with E-state index in [9.17, 15) is 9.59 Å². The van der Waals surface area contributed by atoms with Crippen molar-refractivity contribution in [2.24, 2.45) is 5.92 Å².